The average Bonchev–Trinajstić information content (AvgIpc) is 2.84. The van der Waals surface area contributed by atoms with Crippen LogP contribution in [0.2, 0.25) is 0 Å². The molecule has 1 unspecified atom stereocenters. The smallest absolute Gasteiger partial charge is 0.0959 e. The lowest BCUT2D eigenvalue weighted by molar-refractivity contribution is -0.00564. The van der Waals surface area contributed by atoms with E-state index in [2.05, 4.69) is 10.3 Å². The highest BCUT2D eigenvalue weighted by Crippen LogP contribution is 2.22. The zero-order chi connectivity index (χ0) is 14.9. The van der Waals surface area contributed by atoms with Gasteiger partial charge in [-0.2, -0.15) is 0 Å². The molecule has 2 aromatic rings. The van der Waals surface area contributed by atoms with Crippen LogP contribution < -0.4 is 5.32 Å². The fourth-order valence-electron chi connectivity index (χ4n) is 3.19. The van der Waals surface area contributed by atoms with E-state index in [1.54, 1.807) is 6.33 Å². The normalized spacial score (nSPS) is 25.9. The minimum absolute atomic E-state index is 0.0384. The quantitative estimate of drug-likeness (QED) is 0.793. The van der Waals surface area contributed by atoms with Crippen molar-refractivity contribution in [1.82, 2.24) is 14.9 Å². The Morgan fingerprint density at radius 2 is 2.24 bits per heavy atom. The van der Waals surface area contributed by atoms with E-state index < -0.39 is 5.60 Å². The van der Waals surface area contributed by atoms with Gasteiger partial charge >= 0.3 is 0 Å². The maximum Gasteiger partial charge on any atom is 0.0959 e. The Morgan fingerprint density at radius 3 is 3.05 bits per heavy atom. The number of nitrogens with one attached hydrogen (secondary N) is 1. The lowest BCUT2D eigenvalue weighted by Crippen LogP contribution is -2.49. The van der Waals surface area contributed by atoms with Gasteiger partial charge in [0.05, 0.1) is 35.6 Å². The van der Waals surface area contributed by atoms with Crippen LogP contribution in [0.15, 0.2) is 30.6 Å². The zero-order valence-electron chi connectivity index (χ0n) is 12.4. The van der Waals surface area contributed by atoms with E-state index in [-0.39, 0.29) is 12.1 Å². The summed E-state index contributed by atoms with van der Waals surface area (Å²) in [5.74, 6) is 0. The first-order valence-corrected chi connectivity index (χ1v) is 7.59. The van der Waals surface area contributed by atoms with Crippen molar-refractivity contribution in [3.8, 4) is 0 Å². The fraction of sp³-hybridized carbons (Fsp3) is 0.562. The molecule has 0 radical (unpaired) electrons. The zero-order valence-corrected chi connectivity index (χ0v) is 12.4. The number of aliphatic hydroxyl groups is 2. The van der Waals surface area contributed by atoms with E-state index in [1.807, 2.05) is 35.8 Å². The third kappa shape index (κ3) is 3.26. The van der Waals surface area contributed by atoms with Crippen LogP contribution in [0.4, 0.5) is 0 Å². The third-order valence-corrected chi connectivity index (χ3v) is 4.25. The van der Waals surface area contributed by atoms with Crippen LogP contribution in [-0.2, 0) is 6.54 Å². The summed E-state index contributed by atoms with van der Waals surface area (Å²) in [6.07, 6.45) is 3.72. The summed E-state index contributed by atoms with van der Waals surface area (Å²) >= 11 is 0. The summed E-state index contributed by atoms with van der Waals surface area (Å²) in [4.78, 5) is 4.35. The molecule has 3 rings (SSSR count). The number of aliphatic hydroxyl groups excluding tert-OH is 1. The molecular weight excluding hydrogens is 266 g/mol. The van der Waals surface area contributed by atoms with E-state index in [1.165, 1.54) is 0 Å². The van der Waals surface area contributed by atoms with Crippen molar-refractivity contribution < 1.29 is 10.2 Å². The van der Waals surface area contributed by atoms with Crippen LogP contribution in [0.5, 0.6) is 0 Å². The van der Waals surface area contributed by atoms with Gasteiger partial charge < -0.3 is 20.1 Å². The number of rotatable bonds is 4. The van der Waals surface area contributed by atoms with Crippen molar-refractivity contribution in [2.75, 3.05) is 6.54 Å². The Morgan fingerprint density at radius 1 is 1.43 bits per heavy atom. The van der Waals surface area contributed by atoms with Gasteiger partial charge in [0, 0.05) is 6.04 Å². The molecule has 1 fully saturated rings. The summed E-state index contributed by atoms with van der Waals surface area (Å²) in [6, 6.07) is 7.87. The van der Waals surface area contributed by atoms with Crippen molar-refractivity contribution in [1.29, 1.82) is 0 Å². The average molecular weight is 289 g/mol. The second-order valence-electron chi connectivity index (χ2n) is 6.33. The highest BCUT2D eigenvalue weighted by Gasteiger charge is 2.31. The predicted molar refractivity (Wildman–Crippen MR) is 82.0 cm³/mol. The number of aromatic nitrogens is 2. The van der Waals surface area contributed by atoms with Gasteiger partial charge in [-0.25, -0.2) is 4.98 Å². The van der Waals surface area contributed by atoms with Crippen molar-refractivity contribution >= 4 is 11.0 Å². The van der Waals surface area contributed by atoms with Gasteiger partial charge in [-0.15, -0.1) is 0 Å². The number of para-hydroxylation sites is 2. The van der Waals surface area contributed by atoms with Crippen molar-refractivity contribution in [2.45, 2.75) is 50.5 Å². The van der Waals surface area contributed by atoms with Crippen molar-refractivity contribution in [2.24, 2.45) is 0 Å². The summed E-state index contributed by atoms with van der Waals surface area (Å²) in [6.45, 7) is 3.20. The van der Waals surface area contributed by atoms with Crippen LogP contribution in [0, 0.1) is 0 Å². The monoisotopic (exact) mass is 289 g/mol. The molecule has 2 heterocycles. The van der Waals surface area contributed by atoms with E-state index in [0.717, 1.165) is 30.4 Å². The summed E-state index contributed by atoms with van der Waals surface area (Å²) in [5, 5.41) is 24.1. The number of hydrogen-bond donors (Lipinski definition) is 3. The molecule has 1 aromatic carbocycles. The Labute approximate surface area is 124 Å². The van der Waals surface area contributed by atoms with E-state index >= 15 is 0 Å². The largest absolute Gasteiger partial charge is 0.392 e. The second kappa shape index (κ2) is 5.75. The van der Waals surface area contributed by atoms with Gasteiger partial charge in [-0.3, -0.25) is 0 Å². The van der Waals surface area contributed by atoms with Gasteiger partial charge in [0.25, 0.3) is 0 Å². The molecule has 3 N–H and O–H groups in total. The molecular formula is C16H23N3O2. The van der Waals surface area contributed by atoms with Crippen LogP contribution in [0.1, 0.15) is 26.2 Å². The first-order chi connectivity index (χ1) is 10.1. The molecule has 0 spiro atoms. The standard InChI is InChI=1S/C16H23N3O2/c1-16(21,9-13-15(20)7-4-8-17-13)10-19-11-18-12-5-2-3-6-14(12)19/h2-3,5-6,11,13,15,17,20-21H,4,7-10H2,1H3/t13-,15+,16?/m1/s1. The van der Waals surface area contributed by atoms with Crippen LogP contribution in [0.3, 0.4) is 0 Å². The minimum atomic E-state index is -0.889. The van der Waals surface area contributed by atoms with E-state index in [9.17, 15) is 10.2 Å². The topological polar surface area (TPSA) is 70.3 Å². The second-order valence-corrected chi connectivity index (χ2v) is 6.33. The molecule has 0 saturated carbocycles. The molecule has 21 heavy (non-hydrogen) atoms. The molecule has 0 amide bonds. The van der Waals surface area contributed by atoms with Crippen molar-refractivity contribution in [3.05, 3.63) is 30.6 Å². The van der Waals surface area contributed by atoms with Gasteiger partial charge in [-0.1, -0.05) is 12.1 Å². The maximum absolute atomic E-state index is 10.7. The Kier molecular flexibility index (Phi) is 3.97. The molecule has 1 saturated heterocycles. The summed E-state index contributed by atoms with van der Waals surface area (Å²) in [5.41, 5.74) is 1.07. The molecule has 5 nitrogen and oxygen atoms in total. The van der Waals surface area contributed by atoms with Crippen LogP contribution >= 0.6 is 0 Å². The molecule has 114 valence electrons. The van der Waals surface area contributed by atoms with Gasteiger partial charge in [-0.05, 0) is 44.9 Å². The van der Waals surface area contributed by atoms with Gasteiger partial charge in [0.2, 0.25) is 0 Å². The highest BCUT2D eigenvalue weighted by atomic mass is 16.3. The summed E-state index contributed by atoms with van der Waals surface area (Å²) < 4.78 is 1.98. The molecule has 0 aliphatic carbocycles. The number of imidazole rings is 1. The highest BCUT2D eigenvalue weighted by molar-refractivity contribution is 5.74. The Balaban J connectivity index is 1.73. The first kappa shape index (κ1) is 14.5. The van der Waals surface area contributed by atoms with Crippen molar-refractivity contribution in [3.63, 3.8) is 0 Å². The number of hydrogen-bond acceptors (Lipinski definition) is 4. The molecule has 5 heteroatoms. The van der Waals surface area contributed by atoms with E-state index in [0.29, 0.717) is 13.0 Å². The molecule has 0 bridgehead atoms. The van der Waals surface area contributed by atoms with E-state index in [4.69, 9.17) is 0 Å². The minimum Gasteiger partial charge on any atom is -0.392 e. The van der Waals surface area contributed by atoms with Crippen LogP contribution in [0.25, 0.3) is 11.0 Å². The summed E-state index contributed by atoms with van der Waals surface area (Å²) in [7, 11) is 0. The first-order valence-electron chi connectivity index (χ1n) is 7.59. The maximum atomic E-state index is 10.7. The number of nitrogens with zero attached hydrogens (tertiary/aromatic N) is 2. The fourth-order valence-corrected chi connectivity index (χ4v) is 3.19. The third-order valence-electron chi connectivity index (χ3n) is 4.25. The lowest BCUT2D eigenvalue weighted by atomic mass is 9.89. The molecule has 1 aromatic heterocycles. The molecule has 1 aliphatic heterocycles. The molecule has 1 aliphatic rings. The number of piperidine rings is 1. The Bertz CT molecular complexity index is 608. The molecule has 3 atom stereocenters. The van der Waals surface area contributed by atoms with Crippen LogP contribution in [-0.4, -0.2) is 44.1 Å². The number of benzene rings is 1. The van der Waals surface area contributed by atoms with Gasteiger partial charge in [0.15, 0.2) is 0 Å². The SMILES string of the molecule is CC(O)(C[C@H]1NCCC[C@@H]1O)Cn1cnc2ccccc21. The predicted octanol–water partition coefficient (Wildman–Crippen LogP) is 1.29. The number of fused-ring (bicyclic) bond motifs is 1. The Hall–Kier alpha value is -1.43. The lowest BCUT2D eigenvalue weighted by Gasteiger charge is -2.35. The van der Waals surface area contributed by atoms with Gasteiger partial charge in [0.1, 0.15) is 0 Å².